The summed E-state index contributed by atoms with van der Waals surface area (Å²) >= 11 is 0. The van der Waals surface area contributed by atoms with Crippen molar-refractivity contribution in [1.29, 1.82) is 0 Å². The first-order valence-corrected chi connectivity index (χ1v) is 6.19. The van der Waals surface area contributed by atoms with E-state index in [2.05, 4.69) is 0 Å². The topological polar surface area (TPSA) is 55.6 Å². The number of carbonyl (C=O) groups excluding carboxylic acids is 1. The number of rotatable bonds is 3. The molecular weight excluding hydrogens is 273 g/mol. The first-order valence-electron chi connectivity index (χ1n) is 6.19. The average molecular weight is 288 g/mol. The second kappa shape index (κ2) is 5.70. The van der Waals surface area contributed by atoms with Crippen molar-refractivity contribution in [2.75, 3.05) is 19.7 Å². The number of carbonyl (C=O) groups is 1. The van der Waals surface area contributed by atoms with Crippen molar-refractivity contribution in [3.05, 3.63) is 29.8 Å². The fourth-order valence-electron chi connectivity index (χ4n) is 2.01. The molecule has 4 nitrogen and oxygen atoms in total. The number of nitrogens with zero attached hydrogens (tertiary/aromatic N) is 1. The van der Waals surface area contributed by atoms with Gasteiger partial charge in [0.05, 0.1) is 5.56 Å². The van der Waals surface area contributed by atoms with Gasteiger partial charge >= 0.3 is 6.18 Å². The summed E-state index contributed by atoms with van der Waals surface area (Å²) in [7, 11) is 0. The van der Waals surface area contributed by atoms with Crippen molar-refractivity contribution in [3.63, 3.8) is 0 Å². The van der Waals surface area contributed by atoms with E-state index in [1.54, 1.807) is 4.90 Å². The highest BCUT2D eigenvalue weighted by atomic mass is 19.4. The molecule has 0 aromatic heterocycles. The van der Waals surface area contributed by atoms with E-state index in [0.29, 0.717) is 13.1 Å². The van der Waals surface area contributed by atoms with Gasteiger partial charge in [-0.25, -0.2) is 0 Å². The molecule has 0 saturated carbocycles. The highest BCUT2D eigenvalue weighted by Gasteiger charge is 2.30. The van der Waals surface area contributed by atoms with Crippen LogP contribution in [0.3, 0.4) is 0 Å². The number of alkyl halides is 3. The third kappa shape index (κ3) is 3.63. The van der Waals surface area contributed by atoms with E-state index in [9.17, 15) is 18.0 Å². The number of nitrogens with two attached hydrogens (primary N) is 1. The molecular formula is C13H15F3N2O2. The maximum atomic E-state index is 12.5. The molecule has 1 saturated heterocycles. The lowest BCUT2D eigenvalue weighted by Crippen LogP contribution is -2.35. The summed E-state index contributed by atoms with van der Waals surface area (Å²) in [5, 5.41) is 0. The van der Waals surface area contributed by atoms with E-state index >= 15 is 0 Å². The predicted molar refractivity (Wildman–Crippen MR) is 66.1 cm³/mol. The molecule has 0 unspecified atom stereocenters. The van der Waals surface area contributed by atoms with Crippen LogP contribution in [0.15, 0.2) is 24.3 Å². The second-order valence-corrected chi connectivity index (χ2v) is 4.70. The van der Waals surface area contributed by atoms with Crippen LogP contribution in [-0.2, 0) is 11.0 Å². The first-order chi connectivity index (χ1) is 9.36. The van der Waals surface area contributed by atoms with Crippen LogP contribution in [0.2, 0.25) is 0 Å². The summed E-state index contributed by atoms with van der Waals surface area (Å²) in [6.07, 6.45) is -3.69. The third-order valence-electron chi connectivity index (χ3n) is 3.10. The molecule has 0 radical (unpaired) electrons. The van der Waals surface area contributed by atoms with Gasteiger partial charge in [0.2, 0.25) is 0 Å². The molecule has 0 bridgehead atoms. The number of hydrogen-bond donors (Lipinski definition) is 1. The monoisotopic (exact) mass is 288 g/mol. The smallest absolute Gasteiger partial charge is 0.416 e. The normalized spacial score (nSPS) is 19.2. The largest absolute Gasteiger partial charge is 0.484 e. The van der Waals surface area contributed by atoms with Gasteiger partial charge in [0.25, 0.3) is 5.91 Å². The SMILES string of the molecule is N[C@@H]1CCN(C(=O)COc2cccc(C(F)(F)F)c2)C1. The third-order valence-corrected chi connectivity index (χ3v) is 3.10. The van der Waals surface area contributed by atoms with Crippen LogP contribution < -0.4 is 10.5 Å². The molecule has 0 spiro atoms. The number of benzene rings is 1. The molecule has 20 heavy (non-hydrogen) atoms. The van der Waals surface area contributed by atoms with Crippen LogP contribution in [0.4, 0.5) is 13.2 Å². The summed E-state index contributed by atoms with van der Waals surface area (Å²) in [6.45, 7) is 0.741. The van der Waals surface area contributed by atoms with Gasteiger partial charge in [-0.15, -0.1) is 0 Å². The van der Waals surface area contributed by atoms with Gasteiger partial charge in [0.1, 0.15) is 5.75 Å². The molecule has 0 aliphatic carbocycles. The Hall–Kier alpha value is -1.76. The summed E-state index contributed by atoms with van der Waals surface area (Å²) in [5.74, 6) is -0.243. The molecule has 1 aromatic carbocycles. The summed E-state index contributed by atoms with van der Waals surface area (Å²) in [4.78, 5) is 13.3. The Balaban J connectivity index is 1.92. The summed E-state index contributed by atoms with van der Waals surface area (Å²) < 4.78 is 42.7. The Bertz CT molecular complexity index is 491. The zero-order chi connectivity index (χ0) is 14.8. The van der Waals surface area contributed by atoms with E-state index < -0.39 is 11.7 Å². The van der Waals surface area contributed by atoms with Crippen LogP contribution >= 0.6 is 0 Å². The van der Waals surface area contributed by atoms with Crippen molar-refractivity contribution in [1.82, 2.24) is 4.90 Å². The van der Waals surface area contributed by atoms with Crippen LogP contribution in [0.1, 0.15) is 12.0 Å². The predicted octanol–water partition coefficient (Wildman–Crippen LogP) is 1.64. The maximum Gasteiger partial charge on any atom is 0.416 e. The van der Waals surface area contributed by atoms with Crippen molar-refractivity contribution < 1.29 is 22.7 Å². The minimum atomic E-state index is -4.43. The molecule has 1 heterocycles. The number of hydrogen-bond acceptors (Lipinski definition) is 3. The molecule has 1 aliphatic heterocycles. The Morgan fingerprint density at radius 3 is 2.80 bits per heavy atom. The van der Waals surface area contributed by atoms with Gasteiger partial charge in [0.15, 0.2) is 6.61 Å². The Labute approximate surface area is 114 Å². The molecule has 1 amide bonds. The zero-order valence-corrected chi connectivity index (χ0v) is 10.7. The van der Waals surface area contributed by atoms with Gasteiger partial charge in [0, 0.05) is 19.1 Å². The van der Waals surface area contributed by atoms with E-state index in [0.717, 1.165) is 18.6 Å². The van der Waals surface area contributed by atoms with Crippen molar-refractivity contribution in [3.8, 4) is 5.75 Å². The van der Waals surface area contributed by atoms with E-state index in [-0.39, 0.29) is 24.3 Å². The Morgan fingerprint density at radius 1 is 1.45 bits per heavy atom. The molecule has 1 aromatic rings. The van der Waals surface area contributed by atoms with Crippen molar-refractivity contribution in [2.45, 2.75) is 18.6 Å². The van der Waals surface area contributed by atoms with E-state index in [1.165, 1.54) is 12.1 Å². The minimum Gasteiger partial charge on any atom is -0.484 e. The highest BCUT2D eigenvalue weighted by molar-refractivity contribution is 5.78. The van der Waals surface area contributed by atoms with Crippen LogP contribution in [-0.4, -0.2) is 36.5 Å². The van der Waals surface area contributed by atoms with Gasteiger partial charge < -0.3 is 15.4 Å². The minimum absolute atomic E-state index is 0.0247. The Morgan fingerprint density at radius 2 is 2.20 bits per heavy atom. The van der Waals surface area contributed by atoms with Crippen LogP contribution in [0.25, 0.3) is 0 Å². The van der Waals surface area contributed by atoms with Gasteiger partial charge in [-0.2, -0.15) is 13.2 Å². The zero-order valence-electron chi connectivity index (χ0n) is 10.7. The fourth-order valence-corrected chi connectivity index (χ4v) is 2.01. The number of halogens is 3. The van der Waals surface area contributed by atoms with Gasteiger partial charge in [-0.1, -0.05) is 6.07 Å². The van der Waals surface area contributed by atoms with Crippen molar-refractivity contribution >= 4 is 5.91 Å². The van der Waals surface area contributed by atoms with Crippen LogP contribution in [0.5, 0.6) is 5.75 Å². The number of ether oxygens (including phenoxy) is 1. The molecule has 2 rings (SSSR count). The highest BCUT2D eigenvalue weighted by Crippen LogP contribution is 2.31. The molecule has 1 atom stereocenters. The summed E-state index contributed by atoms with van der Waals surface area (Å²) in [6, 6.07) is 4.43. The van der Waals surface area contributed by atoms with Gasteiger partial charge in [-0.3, -0.25) is 4.79 Å². The first kappa shape index (κ1) is 14.6. The average Bonchev–Trinajstić information content (AvgIpc) is 2.82. The second-order valence-electron chi connectivity index (χ2n) is 4.70. The lowest BCUT2D eigenvalue weighted by molar-refractivity contribution is -0.137. The number of amides is 1. The summed E-state index contributed by atoms with van der Waals surface area (Å²) in [5.41, 5.74) is 4.88. The van der Waals surface area contributed by atoms with E-state index in [1.807, 2.05) is 0 Å². The molecule has 1 fully saturated rings. The molecule has 110 valence electrons. The number of likely N-dealkylation sites (tertiary alicyclic amines) is 1. The van der Waals surface area contributed by atoms with E-state index in [4.69, 9.17) is 10.5 Å². The van der Waals surface area contributed by atoms with Gasteiger partial charge in [-0.05, 0) is 24.6 Å². The lowest BCUT2D eigenvalue weighted by atomic mass is 10.2. The maximum absolute atomic E-state index is 12.5. The molecule has 7 heteroatoms. The quantitative estimate of drug-likeness (QED) is 0.920. The standard InChI is InChI=1S/C13H15F3N2O2/c14-13(15,16)9-2-1-3-11(6-9)20-8-12(19)18-5-4-10(17)7-18/h1-3,6,10H,4-5,7-8,17H2/t10-/m1/s1. The Kier molecular flexibility index (Phi) is 4.17. The lowest BCUT2D eigenvalue weighted by Gasteiger charge is -2.16. The van der Waals surface area contributed by atoms with Crippen LogP contribution in [0, 0.1) is 0 Å². The molecule has 1 aliphatic rings. The molecule has 2 N–H and O–H groups in total. The fraction of sp³-hybridized carbons (Fsp3) is 0.462. The van der Waals surface area contributed by atoms with Crippen molar-refractivity contribution in [2.24, 2.45) is 5.73 Å².